The molecule has 1 nitrogen and oxygen atoms in total. The molecule has 0 spiro atoms. The van der Waals surface area contributed by atoms with E-state index < -0.39 is 5.82 Å². The van der Waals surface area contributed by atoms with Crippen molar-refractivity contribution in [2.24, 2.45) is 5.73 Å². The van der Waals surface area contributed by atoms with Crippen molar-refractivity contribution in [2.45, 2.75) is 12.5 Å². The lowest BCUT2D eigenvalue weighted by atomic mass is 10.00. The van der Waals surface area contributed by atoms with Crippen molar-refractivity contribution in [1.82, 2.24) is 0 Å². The fourth-order valence-corrected chi connectivity index (χ4v) is 2.40. The maximum Gasteiger partial charge on any atom is 0.141 e. The van der Waals surface area contributed by atoms with Gasteiger partial charge in [0, 0.05) is 10.5 Å². The molecule has 0 saturated carbocycles. The first-order valence-electron chi connectivity index (χ1n) is 5.52. The highest BCUT2D eigenvalue weighted by Crippen LogP contribution is 2.25. The molecular formula is C14H12BrClFN. The third-order valence-corrected chi connectivity index (χ3v) is 3.83. The van der Waals surface area contributed by atoms with Crippen molar-refractivity contribution in [3.8, 4) is 0 Å². The molecule has 18 heavy (non-hydrogen) atoms. The van der Waals surface area contributed by atoms with E-state index in [0.29, 0.717) is 6.42 Å². The van der Waals surface area contributed by atoms with Crippen LogP contribution in [0.2, 0.25) is 5.02 Å². The van der Waals surface area contributed by atoms with Gasteiger partial charge in [0.05, 0.1) is 5.02 Å². The maximum absolute atomic E-state index is 13.1. The van der Waals surface area contributed by atoms with Crippen molar-refractivity contribution in [2.75, 3.05) is 0 Å². The molecule has 0 amide bonds. The summed E-state index contributed by atoms with van der Waals surface area (Å²) >= 11 is 9.23. The Hall–Kier alpha value is -0.900. The first-order valence-corrected chi connectivity index (χ1v) is 6.69. The largest absolute Gasteiger partial charge is 0.324 e. The molecule has 0 aromatic heterocycles. The molecule has 0 saturated heterocycles. The quantitative estimate of drug-likeness (QED) is 0.883. The molecule has 0 heterocycles. The summed E-state index contributed by atoms with van der Waals surface area (Å²) in [6, 6.07) is 12.3. The number of rotatable bonds is 3. The monoisotopic (exact) mass is 327 g/mol. The molecule has 2 aromatic rings. The summed E-state index contributed by atoms with van der Waals surface area (Å²) in [7, 11) is 0. The molecule has 1 atom stereocenters. The lowest BCUT2D eigenvalue weighted by Crippen LogP contribution is -2.13. The molecule has 2 N–H and O–H groups in total. The highest BCUT2D eigenvalue weighted by atomic mass is 79.9. The van der Waals surface area contributed by atoms with E-state index in [2.05, 4.69) is 15.9 Å². The van der Waals surface area contributed by atoms with Crippen molar-refractivity contribution in [1.29, 1.82) is 0 Å². The SMILES string of the molecule is NC(Cc1ccccc1Br)c1ccc(F)c(Cl)c1. The van der Waals surface area contributed by atoms with Crippen LogP contribution >= 0.6 is 27.5 Å². The zero-order valence-corrected chi connectivity index (χ0v) is 11.9. The highest BCUT2D eigenvalue weighted by Gasteiger charge is 2.11. The van der Waals surface area contributed by atoms with Crippen LogP contribution in [0.5, 0.6) is 0 Å². The Kier molecular flexibility index (Phi) is 4.38. The van der Waals surface area contributed by atoms with Gasteiger partial charge >= 0.3 is 0 Å². The Balaban J connectivity index is 2.19. The minimum Gasteiger partial charge on any atom is -0.324 e. The number of halogens is 3. The normalized spacial score (nSPS) is 12.4. The van der Waals surface area contributed by atoms with Gasteiger partial charge in [-0.25, -0.2) is 4.39 Å². The van der Waals surface area contributed by atoms with Gasteiger partial charge in [-0.3, -0.25) is 0 Å². The Morgan fingerprint density at radius 3 is 2.61 bits per heavy atom. The first-order chi connectivity index (χ1) is 8.58. The molecule has 0 bridgehead atoms. The van der Waals surface area contributed by atoms with Gasteiger partial charge in [-0.1, -0.05) is 51.8 Å². The Morgan fingerprint density at radius 1 is 1.22 bits per heavy atom. The van der Waals surface area contributed by atoms with Gasteiger partial charge in [0.15, 0.2) is 0 Å². The van der Waals surface area contributed by atoms with Crippen LogP contribution in [0, 0.1) is 5.82 Å². The van der Waals surface area contributed by atoms with Crippen molar-refractivity contribution >= 4 is 27.5 Å². The molecule has 0 aliphatic carbocycles. The standard InChI is InChI=1S/C14H12BrClFN/c15-11-4-2-1-3-9(11)8-14(18)10-5-6-13(17)12(16)7-10/h1-7,14H,8,18H2. The van der Waals surface area contributed by atoms with E-state index in [1.165, 1.54) is 6.07 Å². The van der Waals surface area contributed by atoms with Crippen LogP contribution < -0.4 is 5.73 Å². The van der Waals surface area contributed by atoms with Crippen LogP contribution in [0.4, 0.5) is 4.39 Å². The van der Waals surface area contributed by atoms with Crippen molar-refractivity contribution in [3.63, 3.8) is 0 Å². The van der Waals surface area contributed by atoms with E-state index in [4.69, 9.17) is 17.3 Å². The van der Waals surface area contributed by atoms with Gasteiger partial charge in [0.25, 0.3) is 0 Å². The van der Waals surface area contributed by atoms with Crippen LogP contribution in [-0.2, 0) is 6.42 Å². The maximum atomic E-state index is 13.1. The Bertz CT molecular complexity index is 559. The molecule has 94 valence electrons. The van der Waals surface area contributed by atoms with Crippen LogP contribution in [-0.4, -0.2) is 0 Å². The fourth-order valence-electron chi connectivity index (χ4n) is 1.76. The van der Waals surface area contributed by atoms with Crippen LogP contribution in [0.15, 0.2) is 46.9 Å². The number of nitrogens with two attached hydrogens (primary N) is 1. The molecule has 1 unspecified atom stereocenters. The van der Waals surface area contributed by atoms with Gasteiger partial charge < -0.3 is 5.73 Å². The van der Waals surface area contributed by atoms with Crippen LogP contribution in [0.1, 0.15) is 17.2 Å². The number of hydrogen-bond donors (Lipinski definition) is 1. The minimum absolute atomic E-state index is 0.107. The van der Waals surface area contributed by atoms with Crippen molar-refractivity contribution < 1.29 is 4.39 Å². The summed E-state index contributed by atoms with van der Waals surface area (Å²) in [5.74, 6) is -0.423. The van der Waals surface area contributed by atoms with Gasteiger partial charge in [-0.15, -0.1) is 0 Å². The van der Waals surface area contributed by atoms with Gasteiger partial charge in [0.1, 0.15) is 5.82 Å². The molecule has 0 fully saturated rings. The summed E-state index contributed by atoms with van der Waals surface area (Å²) in [4.78, 5) is 0. The number of benzene rings is 2. The smallest absolute Gasteiger partial charge is 0.141 e. The zero-order chi connectivity index (χ0) is 13.1. The topological polar surface area (TPSA) is 26.0 Å². The molecule has 2 rings (SSSR count). The summed E-state index contributed by atoms with van der Waals surface area (Å²) in [5.41, 5.74) is 8.06. The molecule has 2 aromatic carbocycles. The van der Waals surface area contributed by atoms with E-state index >= 15 is 0 Å². The highest BCUT2D eigenvalue weighted by molar-refractivity contribution is 9.10. The lowest BCUT2D eigenvalue weighted by Gasteiger charge is -2.13. The number of hydrogen-bond acceptors (Lipinski definition) is 1. The first kappa shape index (κ1) is 13.5. The predicted octanol–water partition coefficient (Wildman–Crippen LogP) is 4.48. The van der Waals surface area contributed by atoms with Gasteiger partial charge in [0.2, 0.25) is 0 Å². The van der Waals surface area contributed by atoms with Gasteiger partial charge in [-0.2, -0.15) is 0 Å². The van der Waals surface area contributed by atoms with E-state index in [0.717, 1.165) is 15.6 Å². The average Bonchev–Trinajstić information content (AvgIpc) is 2.35. The fraction of sp³-hybridized carbons (Fsp3) is 0.143. The zero-order valence-electron chi connectivity index (χ0n) is 9.54. The Morgan fingerprint density at radius 2 is 1.94 bits per heavy atom. The van der Waals surface area contributed by atoms with Crippen LogP contribution in [0.3, 0.4) is 0 Å². The minimum atomic E-state index is -0.423. The molecular weight excluding hydrogens is 317 g/mol. The summed E-state index contributed by atoms with van der Waals surface area (Å²) in [6.45, 7) is 0. The third-order valence-electron chi connectivity index (χ3n) is 2.77. The molecule has 0 aliphatic rings. The van der Waals surface area contributed by atoms with E-state index in [9.17, 15) is 4.39 Å². The average molecular weight is 329 g/mol. The Labute approximate surface area is 119 Å². The molecule has 0 aliphatic heterocycles. The van der Waals surface area contributed by atoms with E-state index in [-0.39, 0.29) is 11.1 Å². The second-order valence-electron chi connectivity index (χ2n) is 4.08. The van der Waals surface area contributed by atoms with E-state index in [1.54, 1.807) is 12.1 Å². The van der Waals surface area contributed by atoms with Crippen molar-refractivity contribution in [3.05, 3.63) is 68.9 Å². The second kappa shape index (κ2) is 5.83. The summed E-state index contributed by atoms with van der Waals surface area (Å²) in [6.07, 6.45) is 0.670. The predicted molar refractivity (Wildman–Crippen MR) is 76.2 cm³/mol. The molecule has 0 radical (unpaired) electrons. The van der Waals surface area contributed by atoms with Gasteiger partial charge in [-0.05, 0) is 35.7 Å². The summed E-state index contributed by atoms with van der Waals surface area (Å²) < 4.78 is 14.1. The van der Waals surface area contributed by atoms with E-state index in [1.807, 2.05) is 24.3 Å². The van der Waals surface area contributed by atoms with Crippen LogP contribution in [0.25, 0.3) is 0 Å². The molecule has 4 heteroatoms. The third kappa shape index (κ3) is 3.10. The summed E-state index contributed by atoms with van der Waals surface area (Å²) in [5, 5.41) is 0.107. The lowest BCUT2D eigenvalue weighted by molar-refractivity contribution is 0.625. The second-order valence-corrected chi connectivity index (χ2v) is 5.34.